The van der Waals surface area contributed by atoms with E-state index in [-0.39, 0.29) is 11.6 Å². The van der Waals surface area contributed by atoms with Gasteiger partial charge in [0.25, 0.3) is 0 Å². The summed E-state index contributed by atoms with van der Waals surface area (Å²) in [5.74, 6) is -1.78. The molecule has 112 valence electrons. The Kier molecular flexibility index (Phi) is 4.41. The molecule has 1 aromatic carbocycles. The van der Waals surface area contributed by atoms with Gasteiger partial charge in [-0.2, -0.15) is 4.31 Å². The number of hydrogen-bond acceptors (Lipinski definition) is 3. The van der Waals surface area contributed by atoms with E-state index >= 15 is 0 Å². The first-order valence-corrected chi connectivity index (χ1v) is 7.93. The van der Waals surface area contributed by atoms with E-state index in [4.69, 9.17) is 0 Å². The molecule has 0 radical (unpaired) electrons. The quantitative estimate of drug-likeness (QED) is 0.924. The van der Waals surface area contributed by atoms with Crippen LogP contribution in [0.1, 0.15) is 18.4 Å². The second-order valence-corrected chi connectivity index (χ2v) is 6.93. The molecule has 2 rings (SSSR count). The fourth-order valence-electron chi connectivity index (χ4n) is 2.36. The van der Waals surface area contributed by atoms with Crippen LogP contribution in [0.4, 0.5) is 8.78 Å². The monoisotopic (exact) mass is 304 g/mol. The highest BCUT2D eigenvalue weighted by atomic mass is 32.2. The minimum atomic E-state index is -3.92. The molecule has 0 aromatic heterocycles. The number of piperidine rings is 1. The molecular formula is C13H18F2N2O2S. The summed E-state index contributed by atoms with van der Waals surface area (Å²) in [6, 6.07) is 1.74. The molecule has 0 aliphatic carbocycles. The lowest BCUT2D eigenvalue weighted by molar-refractivity contribution is 0.292. The lowest BCUT2D eigenvalue weighted by Crippen LogP contribution is -2.47. The summed E-state index contributed by atoms with van der Waals surface area (Å²) < 4.78 is 53.2. The first-order chi connectivity index (χ1) is 9.36. The minimum Gasteiger partial charge on any atom is -0.316 e. The van der Waals surface area contributed by atoms with Gasteiger partial charge in [0.15, 0.2) is 0 Å². The third kappa shape index (κ3) is 2.84. The first kappa shape index (κ1) is 15.3. The minimum absolute atomic E-state index is 0.0585. The van der Waals surface area contributed by atoms with Gasteiger partial charge < -0.3 is 5.32 Å². The Morgan fingerprint density at radius 3 is 2.65 bits per heavy atom. The van der Waals surface area contributed by atoms with E-state index in [1.165, 1.54) is 11.2 Å². The van der Waals surface area contributed by atoms with E-state index < -0.39 is 26.6 Å². The number of halogens is 2. The maximum absolute atomic E-state index is 13.8. The van der Waals surface area contributed by atoms with Crippen LogP contribution in [0, 0.1) is 18.6 Å². The molecule has 1 aliphatic rings. The molecule has 1 N–H and O–H groups in total. The van der Waals surface area contributed by atoms with Crippen molar-refractivity contribution in [3.8, 4) is 0 Å². The average molecular weight is 304 g/mol. The Morgan fingerprint density at radius 2 is 2.00 bits per heavy atom. The molecule has 0 amide bonds. The lowest BCUT2D eigenvalue weighted by Gasteiger charge is -2.31. The molecule has 0 bridgehead atoms. The van der Waals surface area contributed by atoms with E-state index in [2.05, 4.69) is 5.32 Å². The van der Waals surface area contributed by atoms with Crippen molar-refractivity contribution in [1.82, 2.24) is 9.62 Å². The second-order valence-electron chi connectivity index (χ2n) is 5.02. The lowest BCUT2D eigenvalue weighted by atomic mass is 10.1. The second kappa shape index (κ2) is 5.75. The van der Waals surface area contributed by atoms with Gasteiger partial charge in [-0.15, -0.1) is 0 Å². The van der Waals surface area contributed by atoms with Crippen LogP contribution < -0.4 is 5.32 Å². The number of rotatable bonds is 3. The van der Waals surface area contributed by atoms with E-state index in [9.17, 15) is 17.2 Å². The zero-order valence-electron chi connectivity index (χ0n) is 11.5. The number of aryl methyl sites for hydroxylation is 1. The van der Waals surface area contributed by atoms with Crippen molar-refractivity contribution >= 4 is 10.0 Å². The Morgan fingerprint density at radius 1 is 1.30 bits per heavy atom. The van der Waals surface area contributed by atoms with E-state index in [1.807, 2.05) is 0 Å². The summed E-state index contributed by atoms with van der Waals surface area (Å²) in [6.07, 6.45) is 1.60. The molecule has 4 nitrogen and oxygen atoms in total. The van der Waals surface area contributed by atoms with Crippen LogP contribution in [0.5, 0.6) is 0 Å². The zero-order valence-corrected chi connectivity index (χ0v) is 12.3. The highest BCUT2D eigenvalue weighted by Crippen LogP contribution is 2.25. The number of benzene rings is 1. The molecule has 7 heteroatoms. The predicted molar refractivity (Wildman–Crippen MR) is 71.9 cm³/mol. The number of nitrogens with zero attached hydrogens (tertiary/aromatic N) is 1. The fourth-order valence-corrected chi connectivity index (χ4v) is 4.02. The van der Waals surface area contributed by atoms with Crippen LogP contribution in [0.3, 0.4) is 0 Å². The molecule has 20 heavy (non-hydrogen) atoms. The van der Waals surface area contributed by atoms with Crippen LogP contribution in [-0.4, -0.2) is 38.9 Å². The fraction of sp³-hybridized carbons (Fsp3) is 0.538. The van der Waals surface area contributed by atoms with Crippen molar-refractivity contribution in [3.63, 3.8) is 0 Å². The Bertz CT molecular complexity index is 605. The maximum atomic E-state index is 13.8. The molecule has 0 saturated carbocycles. The summed E-state index contributed by atoms with van der Waals surface area (Å²) in [5, 5.41) is 3.03. The molecule has 0 spiro atoms. The van der Waals surface area contributed by atoms with Gasteiger partial charge in [-0.1, -0.05) is 0 Å². The Hall–Kier alpha value is -1.05. The molecule has 1 saturated heterocycles. The third-order valence-corrected chi connectivity index (χ3v) is 5.50. The number of nitrogens with one attached hydrogen (secondary N) is 1. The summed E-state index contributed by atoms with van der Waals surface area (Å²) >= 11 is 0. The molecule has 1 heterocycles. The van der Waals surface area contributed by atoms with Crippen molar-refractivity contribution in [2.24, 2.45) is 0 Å². The number of sulfonamides is 1. The number of hydrogen-bond donors (Lipinski definition) is 1. The molecule has 1 fully saturated rings. The zero-order chi connectivity index (χ0) is 14.9. The van der Waals surface area contributed by atoms with Gasteiger partial charge in [0.05, 0.1) is 0 Å². The molecular weight excluding hydrogens is 286 g/mol. The van der Waals surface area contributed by atoms with Gasteiger partial charge >= 0.3 is 0 Å². The van der Waals surface area contributed by atoms with Crippen molar-refractivity contribution in [2.45, 2.75) is 30.7 Å². The molecule has 1 aliphatic heterocycles. The SMILES string of the molecule is CNC1CCCN(S(=O)(=O)c2cc(C)c(F)cc2F)C1. The average Bonchev–Trinajstić information content (AvgIpc) is 2.42. The van der Waals surface area contributed by atoms with Gasteiger partial charge in [0.2, 0.25) is 10.0 Å². The predicted octanol–water partition coefficient (Wildman–Crippen LogP) is 1.65. The molecule has 1 atom stereocenters. The van der Waals surface area contributed by atoms with E-state index in [1.54, 1.807) is 7.05 Å². The van der Waals surface area contributed by atoms with Crippen molar-refractivity contribution in [1.29, 1.82) is 0 Å². The first-order valence-electron chi connectivity index (χ1n) is 6.49. The van der Waals surface area contributed by atoms with Gasteiger partial charge in [-0.05, 0) is 38.4 Å². The van der Waals surface area contributed by atoms with Gasteiger partial charge in [-0.3, -0.25) is 0 Å². The van der Waals surface area contributed by atoms with E-state index in [0.29, 0.717) is 25.6 Å². The van der Waals surface area contributed by atoms with Crippen LogP contribution in [-0.2, 0) is 10.0 Å². The van der Waals surface area contributed by atoms with Crippen molar-refractivity contribution in [2.75, 3.05) is 20.1 Å². The third-order valence-electron chi connectivity index (χ3n) is 3.62. The Labute approximate surface area is 117 Å². The van der Waals surface area contributed by atoms with Crippen molar-refractivity contribution in [3.05, 3.63) is 29.3 Å². The van der Waals surface area contributed by atoms with Crippen LogP contribution in [0.15, 0.2) is 17.0 Å². The van der Waals surface area contributed by atoms with Gasteiger partial charge in [-0.25, -0.2) is 17.2 Å². The van der Waals surface area contributed by atoms with Gasteiger partial charge in [0.1, 0.15) is 16.5 Å². The summed E-state index contributed by atoms with van der Waals surface area (Å²) in [5.41, 5.74) is 0.118. The van der Waals surface area contributed by atoms with Crippen molar-refractivity contribution < 1.29 is 17.2 Å². The number of likely N-dealkylation sites (N-methyl/N-ethyl adjacent to an activating group) is 1. The van der Waals surface area contributed by atoms with Crippen LogP contribution in [0.25, 0.3) is 0 Å². The smallest absolute Gasteiger partial charge is 0.246 e. The summed E-state index contributed by atoms with van der Waals surface area (Å²) in [7, 11) is -2.16. The maximum Gasteiger partial charge on any atom is 0.246 e. The summed E-state index contributed by atoms with van der Waals surface area (Å²) in [6.45, 7) is 2.07. The van der Waals surface area contributed by atoms with Crippen LogP contribution >= 0.6 is 0 Å². The standard InChI is InChI=1S/C13H18F2N2O2S/c1-9-6-13(12(15)7-11(9)14)20(18,19)17-5-3-4-10(8-17)16-2/h6-7,10,16H,3-5,8H2,1-2H3. The highest BCUT2D eigenvalue weighted by molar-refractivity contribution is 7.89. The Balaban J connectivity index is 2.37. The van der Waals surface area contributed by atoms with Crippen LogP contribution in [0.2, 0.25) is 0 Å². The summed E-state index contributed by atoms with van der Waals surface area (Å²) in [4.78, 5) is -0.451. The normalized spacial score (nSPS) is 21.1. The largest absolute Gasteiger partial charge is 0.316 e. The topological polar surface area (TPSA) is 49.4 Å². The van der Waals surface area contributed by atoms with E-state index in [0.717, 1.165) is 12.5 Å². The highest BCUT2D eigenvalue weighted by Gasteiger charge is 2.32. The molecule has 1 aromatic rings. The van der Waals surface area contributed by atoms with Gasteiger partial charge in [0, 0.05) is 25.2 Å². The molecule has 1 unspecified atom stereocenters.